The van der Waals surface area contributed by atoms with Gasteiger partial charge in [-0.25, -0.2) is 4.39 Å². The van der Waals surface area contributed by atoms with E-state index in [1.54, 1.807) is 18.2 Å². The lowest BCUT2D eigenvalue weighted by molar-refractivity contribution is -0.0449. The van der Waals surface area contributed by atoms with Crippen molar-refractivity contribution in [2.24, 2.45) is 11.8 Å². The normalized spacial score (nSPS) is 20.0. The third kappa shape index (κ3) is 5.02. The highest BCUT2D eigenvalue weighted by atomic mass is 19.1. The second-order valence-electron chi connectivity index (χ2n) is 10.6. The molecule has 0 unspecified atom stereocenters. The molecule has 0 spiro atoms. The monoisotopic (exact) mass is 498 g/mol. The van der Waals surface area contributed by atoms with Crippen LogP contribution in [0.1, 0.15) is 66.9 Å². The van der Waals surface area contributed by atoms with Gasteiger partial charge in [0.05, 0.1) is 6.54 Å². The van der Waals surface area contributed by atoms with Gasteiger partial charge in [0.1, 0.15) is 17.5 Å². The molecule has 2 N–H and O–H groups in total. The molecule has 2 aromatic rings. The average molecular weight is 499 g/mol. The highest BCUT2D eigenvalue weighted by Gasteiger charge is 2.44. The second-order valence-corrected chi connectivity index (χ2v) is 10.6. The average Bonchev–Trinajstić information content (AvgIpc) is 2.81. The van der Waals surface area contributed by atoms with Gasteiger partial charge in [0.15, 0.2) is 11.4 Å². The number of rotatable bonds is 7. The van der Waals surface area contributed by atoms with Crippen molar-refractivity contribution in [3.05, 3.63) is 63.3 Å². The number of amides is 2. The standard InChI is InChI=1S/C27H35FN4O4/c1-16(2)11-19-9-10-30(13-17(3)4)22-15-31-14-20(24(33)25(34)23(31)27(36)32(19)22)26(35)29-12-18-7-5-6-8-21(18)28/h5-8,14,16-17,19,22,34H,9-13,15H2,1-4H3,(H,29,35)/t19-,22+/m1/s1. The van der Waals surface area contributed by atoms with Gasteiger partial charge in [-0.05, 0) is 30.7 Å². The molecule has 36 heavy (non-hydrogen) atoms. The maximum Gasteiger partial charge on any atom is 0.276 e. The molecule has 1 aromatic carbocycles. The smallest absolute Gasteiger partial charge is 0.276 e. The van der Waals surface area contributed by atoms with Crippen LogP contribution < -0.4 is 10.7 Å². The number of aromatic nitrogens is 1. The van der Waals surface area contributed by atoms with E-state index in [1.165, 1.54) is 16.8 Å². The fourth-order valence-electron chi connectivity index (χ4n) is 5.38. The van der Waals surface area contributed by atoms with E-state index < -0.39 is 28.8 Å². The lowest BCUT2D eigenvalue weighted by Gasteiger charge is -2.52. The van der Waals surface area contributed by atoms with E-state index in [4.69, 9.17) is 0 Å². The van der Waals surface area contributed by atoms with Crippen molar-refractivity contribution < 1.29 is 19.1 Å². The summed E-state index contributed by atoms with van der Waals surface area (Å²) in [6, 6.07) is 6.05. The van der Waals surface area contributed by atoms with Gasteiger partial charge in [-0.2, -0.15) is 0 Å². The Hall–Kier alpha value is -3.20. The fraction of sp³-hybridized carbons (Fsp3) is 0.519. The number of hydrogen-bond acceptors (Lipinski definition) is 5. The minimum absolute atomic E-state index is 0.0120. The zero-order valence-electron chi connectivity index (χ0n) is 21.3. The number of carbonyl (C=O) groups is 2. The predicted octanol–water partition coefficient (Wildman–Crippen LogP) is 3.18. The van der Waals surface area contributed by atoms with Crippen LogP contribution in [0.3, 0.4) is 0 Å². The second kappa shape index (κ2) is 10.4. The number of halogens is 1. The van der Waals surface area contributed by atoms with Crippen LogP contribution in [0.2, 0.25) is 0 Å². The quantitative estimate of drug-likeness (QED) is 0.612. The molecule has 3 heterocycles. The molecular formula is C27H35FN4O4. The third-order valence-corrected chi connectivity index (χ3v) is 6.92. The summed E-state index contributed by atoms with van der Waals surface area (Å²) >= 11 is 0. The number of aromatic hydroxyl groups is 1. The zero-order valence-corrected chi connectivity index (χ0v) is 21.3. The Balaban J connectivity index is 1.67. The van der Waals surface area contributed by atoms with Crippen molar-refractivity contribution in [2.45, 2.75) is 65.8 Å². The minimum Gasteiger partial charge on any atom is -0.503 e. The van der Waals surface area contributed by atoms with Crippen molar-refractivity contribution in [3.8, 4) is 5.75 Å². The molecule has 1 aromatic heterocycles. The summed E-state index contributed by atoms with van der Waals surface area (Å²) in [6.07, 6.45) is 2.78. The van der Waals surface area contributed by atoms with E-state index in [1.807, 2.05) is 4.90 Å². The van der Waals surface area contributed by atoms with Gasteiger partial charge in [-0.3, -0.25) is 19.3 Å². The highest BCUT2D eigenvalue weighted by molar-refractivity contribution is 5.99. The topological polar surface area (TPSA) is 94.9 Å². The number of fused-ring (bicyclic) bond motifs is 2. The molecule has 0 saturated carbocycles. The van der Waals surface area contributed by atoms with Crippen LogP contribution in [0, 0.1) is 17.7 Å². The van der Waals surface area contributed by atoms with E-state index in [-0.39, 0.29) is 35.6 Å². The van der Waals surface area contributed by atoms with Crippen molar-refractivity contribution >= 4 is 11.8 Å². The molecule has 0 aliphatic carbocycles. The first-order valence-electron chi connectivity index (χ1n) is 12.6. The summed E-state index contributed by atoms with van der Waals surface area (Å²) in [5.41, 5.74) is -0.988. The maximum absolute atomic E-state index is 13.9. The van der Waals surface area contributed by atoms with Crippen LogP contribution in [0.15, 0.2) is 35.3 Å². The first-order chi connectivity index (χ1) is 17.1. The van der Waals surface area contributed by atoms with Crippen LogP contribution in [0.4, 0.5) is 4.39 Å². The number of nitrogens with zero attached hydrogens (tertiary/aromatic N) is 3. The van der Waals surface area contributed by atoms with Gasteiger partial charge in [-0.15, -0.1) is 0 Å². The van der Waals surface area contributed by atoms with Crippen molar-refractivity contribution in [3.63, 3.8) is 0 Å². The molecule has 2 aliphatic heterocycles. The number of pyridine rings is 1. The molecule has 1 fully saturated rings. The first kappa shape index (κ1) is 25.9. The van der Waals surface area contributed by atoms with Crippen LogP contribution >= 0.6 is 0 Å². The molecule has 4 rings (SSSR count). The van der Waals surface area contributed by atoms with Crippen LogP contribution in [0.25, 0.3) is 0 Å². The van der Waals surface area contributed by atoms with Gasteiger partial charge in [0.25, 0.3) is 11.8 Å². The van der Waals surface area contributed by atoms with E-state index in [0.29, 0.717) is 18.4 Å². The molecule has 0 bridgehead atoms. The Morgan fingerprint density at radius 2 is 1.89 bits per heavy atom. The van der Waals surface area contributed by atoms with Crippen molar-refractivity contribution in [1.29, 1.82) is 0 Å². The number of carbonyl (C=O) groups excluding carboxylic acids is 2. The maximum atomic E-state index is 13.9. The summed E-state index contributed by atoms with van der Waals surface area (Å²) in [5.74, 6) is -1.53. The van der Waals surface area contributed by atoms with E-state index in [0.717, 1.165) is 25.9 Å². The Bertz CT molecular complexity index is 1210. The van der Waals surface area contributed by atoms with Gasteiger partial charge in [-0.1, -0.05) is 45.9 Å². The van der Waals surface area contributed by atoms with Gasteiger partial charge >= 0.3 is 0 Å². The predicted molar refractivity (Wildman–Crippen MR) is 134 cm³/mol. The van der Waals surface area contributed by atoms with Gasteiger partial charge in [0, 0.05) is 37.4 Å². The molecule has 2 aliphatic rings. The van der Waals surface area contributed by atoms with Crippen LogP contribution in [-0.2, 0) is 13.1 Å². The summed E-state index contributed by atoms with van der Waals surface area (Å²) in [5, 5.41) is 13.4. The highest BCUT2D eigenvalue weighted by Crippen LogP contribution is 2.33. The molecule has 1 saturated heterocycles. The Morgan fingerprint density at radius 1 is 1.17 bits per heavy atom. The van der Waals surface area contributed by atoms with E-state index in [2.05, 4.69) is 37.9 Å². The number of benzene rings is 1. The SMILES string of the molecule is CC(C)C[C@H]1CCN(CC(C)C)[C@@H]2Cn3cc(C(=O)NCc4ccccc4F)c(=O)c(O)c3C(=O)N12. The first-order valence-corrected chi connectivity index (χ1v) is 12.6. The van der Waals surface area contributed by atoms with Crippen molar-refractivity contribution in [2.75, 3.05) is 13.1 Å². The number of hydrogen-bond donors (Lipinski definition) is 2. The summed E-state index contributed by atoms with van der Waals surface area (Å²) in [6.45, 7) is 10.4. The van der Waals surface area contributed by atoms with Gasteiger partial charge in [0.2, 0.25) is 5.43 Å². The van der Waals surface area contributed by atoms with Gasteiger partial charge < -0.3 is 19.9 Å². The molecule has 2 amide bonds. The lowest BCUT2D eigenvalue weighted by Crippen LogP contribution is -2.65. The Morgan fingerprint density at radius 3 is 2.56 bits per heavy atom. The zero-order chi connectivity index (χ0) is 26.1. The molecule has 9 heteroatoms. The largest absolute Gasteiger partial charge is 0.503 e. The molecule has 0 radical (unpaired) electrons. The van der Waals surface area contributed by atoms with Crippen molar-refractivity contribution in [1.82, 2.24) is 19.7 Å². The molecular weight excluding hydrogens is 463 g/mol. The summed E-state index contributed by atoms with van der Waals surface area (Å²) in [4.78, 5) is 43.6. The third-order valence-electron chi connectivity index (χ3n) is 6.92. The molecule has 8 nitrogen and oxygen atoms in total. The van der Waals surface area contributed by atoms with E-state index >= 15 is 0 Å². The Labute approximate surface area is 210 Å². The molecule has 2 atom stereocenters. The minimum atomic E-state index is -0.907. The molecule has 194 valence electrons. The lowest BCUT2D eigenvalue weighted by atomic mass is 9.94. The number of nitrogens with one attached hydrogen (secondary N) is 1. The Kier molecular flexibility index (Phi) is 7.49. The van der Waals surface area contributed by atoms with E-state index in [9.17, 15) is 23.9 Å². The summed E-state index contributed by atoms with van der Waals surface area (Å²) in [7, 11) is 0. The van der Waals surface area contributed by atoms with Crippen LogP contribution in [-0.4, -0.2) is 56.6 Å². The fourth-order valence-corrected chi connectivity index (χ4v) is 5.38. The van der Waals surface area contributed by atoms with Crippen LogP contribution in [0.5, 0.6) is 5.75 Å². The summed E-state index contributed by atoms with van der Waals surface area (Å²) < 4.78 is 15.5.